The number of hydrogen-bond donors (Lipinski definition) is 0. The highest BCUT2D eigenvalue weighted by Crippen LogP contribution is 2.17. The summed E-state index contributed by atoms with van der Waals surface area (Å²) in [5.41, 5.74) is 1.84. The standard InChI is InChI=1S/C20H15N5O3/c26-20-18-13-22-24(16-8-10-17(11-9-16)25(27)28)19(18)21-14-23(20)12-4-7-15-5-2-1-3-6-15/h1-11,13-14H,12H2/b7-4+. The van der Waals surface area contributed by atoms with Gasteiger partial charge < -0.3 is 0 Å². The molecule has 0 N–H and O–H groups in total. The fraction of sp³-hybridized carbons (Fsp3) is 0.0500. The Bertz CT molecular complexity index is 1220. The van der Waals surface area contributed by atoms with Crippen molar-refractivity contribution in [3.05, 3.63) is 99.2 Å². The molecule has 0 fully saturated rings. The lowest BCUT2D eigenvalue weighted by molar-refractivity contribution is -0.384. The van der Waals surface area contributed by atoms with Crippen LogP contribution in [0.15, 0.2) is 78.0 Å². The molecule has 0 spiro atoms. The third kappa shape index (κ3) is 3.30. The van der Waals surface area contributed by atoms with E-state index in [4.69, 9.17) is 0 Å². The van der Waals surface area contributed by atoms with Gasteiger partial charge in [0.2, 0.25) is 0 Å². The lowest BCUT2D eigenvalue weighted by Crippen LogP contribution is -2.19. The van der Waals surface area contributed by atoms with Crippen molar-refractivity contribution in [2.75, 3.05) is 0 Å². The van der Waals surface area contributed by atoms with Crippen LogP contribution in [0.4, 0.5) is 5.69 Å². The molecule has 0 radical (unpaired) electrons. The summed E-state index contributed by atoms with van der Waals surface area (Å²) >= 11 is 0. The van der Waals surface area contributed by atoms with Crippen molar-refractivity contribution in [2.45, 2.75) is 6.54 Å². The van der Waals surface area contributed by atoms with Crippen molar-refractivity contribution in [1.82, 2.24) is 19.3 Å². The number of fused-ring (bicyclic) bond motifs is 1. The number of non-ortho nitro benzene ring substituents is 1. The molecule has 4 aromatic rings. The molecule has 0 saturated carbocycles. The zero-order valence-corrected chi connectivity index (χ0v) is 14.7. The first kappa shape index (κ1) is 17.3. The number of benzene rings is 2. The van der Waals surface area contributed by atoms with Crippen molar-refractivity contribution < 1.29 is 4.92 Å². The van der Waals surface area contributed by atoms with Crippen LogP contribution in [-0.2, 0) is 6.54 Å². The second-order valence-electron chi connectivity index (χ2n) is 6.08. The van der Waals surface area contributed by atoms with E-state index >= 15 is 0 Å². The molecule has 2 aromatic heterocycles. The summed E-state index contributed by atoms with van der Waals surface area (Å²) in [7, 11) is 0. The van der Waals surface area contributed by atoms with E-state index in [1.165, 1.54) is 33.9 Å². The lowest BCUT2D eigenvalue weighted by atomic mass is 10.2. The van der Waals surface area contributed by atoms with Gasteiger partial charge in [0.25, 0.3) is 11.2 Å². The van der Waals surface area contributed by atoms with Gasteiger partial charge in [-0.1, -0.05) is 42.5 Å². The molecule has 0 unspecified atom stereocenters. The third-order valence-corrected chi connectivity index (χ3v) is 4.27. The molecule has 2 heterocycles. The average Bonchev–Trinajstić information content (AvgIpc) is 3.15. The van der Waals surface area contributed by atoms with Gasteiger partial charge in [0, 0.05) is 18.7 Å². The normalized spacial score (nSPS) is 11.3. The Kier molecular flexibility index (Phi) is 4.51. The Labute approximate surface area is 159 Å². The molecule has 0 bridgehead atoms. The summed E-state index contributed by atoms with van der Waals surface area (Å²) in [5, 5.41) is 15.4. The molecule has 0 aliphatic rings. The molecule has 0 saturated heterocycles. The molecule has 2 aromatic carbocycles. The maximum atomic E-state index is 12.7. The zero-order chi connectivity index (χ0) is 19.5. The van der Waals surface area contributed by atoms with Gasteiger partial charge in [-0.15, -0.1) is 0 Å². The SMILES string of the molecule is O=c1c2cnn(-c3ccc([N+](=O)[O-])cc3)c2ncn1C/C=C/c1ccccc1. The first-order valence-corrected chi connectivity index (χ1v) is 8.53. The van der Waals surface area contributed by atoms with Crippen LogP contribution in [0.1, 0.15) is 5.56 Å². The number of aromatic nitrogens is 4. The van der Waals surface area contributed by atoms with Gasteiger partial charge in [-0.25, -0.2) is 9.67 Å². The smallest absolute Gasteiger partial charge is 0.269 e. The van der Waals surface area contributed by atoms with Gasteiger partial charge in [0.05, 0.1) is 16.8 Å². The van der Waals surface area contributed by atoms with E-state index in [0.29, 0.717) is 23.3 Å². The molecule has 28 heavy (non-hydrogen) atoms. The Morgan fingerprint density at radius 2 is 1.82 bits per heavy atom. The molecule has 8 nitrogen and oxygen atoms in total. The molecule has 0 aliphatic carbocycles. The van der Waals surface area contributed by atoms with Gasteiger partial charge in [-0.2, -0.15) is 5.10 Å². The second kappa shape index (κ2) is 7.28. The average molecular weight is 373 g/mol. The summed E-state index contributed by atoms with van der Waals surface area (Å²) in [6.45, 7) is 0.388. The van der Waals surface area contributed by atoms with Gasteiger partial charge in [0.1, 0.15) is 11.7 Å². The molecular weight excluding hydrogens is 358 g/mol. The Hall–Kier alpha value is -4.07. The Balaban J connectivity index is 1.63. The molecule has 0 atom stereocenters. The number of rotatable bonds is 5. The maximum Gasteiger partial charge on any atom is 0.269 e. The topological polar surface area (TPSA) is 95.8 Å². The van der Waals surface area contributed by atoms with Crippen molar-refractivity contribution >= 4 is 22.8 Å². The number of nitro benzene ring substituents is 1. The number of nitrogens with zero attached hydrogens (tertiary/aromatic N) is 5. The second-order valence-corrected chi connectivity index (χ2v) is 6.08. The van der Waals surface area contributed by atoms with Crippen LogP contribution in [0.25, 0.3) is 22.8 Å². The minimum absolute atomic E-state index is 0.0132. The van der Waals surface area contributed by atoms with Gasteiger partial charge in [0.15, 0.2) is 5.65 Å². The molecule has 4 rings (SSSR count). The summed E-state index contributed by atoms with van der Waals surface area (Å²) in [6.07, 6.45) is 6.77. The predicted octanol–water partition coefficient (Wildman–Crippen LogP) is 3.20. The summed E-state index contributed by atoms with van der Waals surface area (Å²) in [4.78, 5) is 27.4. The molecule has 138 valence electrons. The minimum Gasteiger partial charge on any atom is -0.295 e. The van der Waals surface area contributed by atoms with E-state index in [1.54, 1.807) is 12.1 Å². The largest absolute Gasteiger partial charge is 0.295 e. The van der Waals surface area contributed by atoms with Crippen LogP contribution in [-0.4, -0.2) is 24.3 Å². The molecule has 0 aliphatic heterocycles. The van der Waals surface area contributed by atoms with Gasteiger partial charge in [-0.05, 0) is 17.7 Å². The minimum atomic E-state index is -0.467. The van der Waals surface area contributed by atoms with Crippen molar-refractivity contribution in [3.8, 4) is 5.69 Å². The fourth-order valence-corrected chi connectivity index (χ4v) is 2.85. The third-order valence-electron chi connectivity index (χ3n) is 4.27. The fourth-order valence-electron chi connectivity index (χ4n) is 2.85. The van der Waals surface area contributed by atoms with Crippen LogP contribution in [0.2, 0.25) is 0 Å². The van der Waals surface area contributed by atoms with E-state index in [2.05, 4.69) is 10.1 Å². The Morgan fingerprint density at radius 1 is 1.07 bits per heavy atom. The van der Waals surface area contributed by atoms with E-state index < -0.39 is 4.92 Å². The van der Waals surface area contributed by atoms with Crippen molar-refractivity contribution in [2.24, 2.45) is 0 Å². The highest BCUT2D eigenvalue weighted by Gasteiger charge is 2.12. The van der Waals surface area contributed by atoms with Crippen LogP contribution in [0, 0.1) is 10.1 Å². The quantitative estimate of drug-likeness (QED) is 0.395. The Morgan fingerprint density at radius 3 is 2.54 bits per heavy atom. The maximum absolute atomic E-state index is 12.7. The number of allylic oxidation sites excluding steroid dienone is 1. The van der Waals surface area contributed by atoms with E-state index in [9.17, 15) is 14.9 Å². The van der Waals surface area contributed by atoms with Gasteiger partial charge >= 0.3 is 0 Å². The van der Waals surface area contributed by atoms with Gasteiger partial charge in [-0.3, -0.25) is 19.5 Å². The van der Waals surface area contributed by atoms with Crippen LogP contribution in [0.3, 0.4) is 0 Å². The number of nitro groups is 1. The molecule has 8 heteroatoms. The first-order chi connectivity index (χ1) is 13.6. The summed E-state index contributed by atoms with van der Waals surface area (Å²) in [6, 6.07) is 15.7. The highest BCUT2D eigenvalue weighted by atomic mass is 16.6. The lowest BCUT2D eigenvalue weighted by Gasteiger charge is -2.04. The highest BCUT2D eigenvalue weighted by molar-refractivity contribution is 5.75. The monoisotopic (exact) mass is 373 g/mol. The zero-order valence-electron chi connectivity index (χ0n) is 14.7. The van der Waals surface area contributed by atoms with Crippen molar-refractivity contribution in [1.29, 1.82) is 0 Å². The van der Waals surface area contributed by atoms with Crippen LogP contribution < -0.4 is 5.56 Å². The van der Waals surface area contributed by atoms with Crippen LogP contribution in [0.5, 0.6) is 0 Å². The number of hydrogen-bond acceptors (Lipinski definition) is 5. The molecule has 0 amide bonds. The predicted molar refractivity (Wildman–Crippen MR) is 105 cm³/mol. The molecular formula is C20H15N5O3. The summed E-state index contributed by atoms with van der Waals surface area (Å²) in [5.74, 6) is 0. The van der Waals surface area contributed by atoms with Crippen molar-refractivity contribution in [3.63, 3.8) is 0 Å². The van der Waals surface area contributed by atoms with Crippen LogP contribution >= 0.6 is 0 Å². The van der Waals surface area contributed by atoms with E-state index in [-0.39, 0.29) is 11.2 Å². The first-order valence-electron chi connectivity index (χ1n) is 8.53. The summed E-state index contributed by atoms with van der Waals surface area (Å²) < 4.78 is 2.99. The van der Waals surface area contributed by atoms with E-state index in [1.807, 2.05) is 42.5 Å². The van der Waals surface area contributed by atoms with E-state index in [0.717, 1.165) is 5.56 Å².